The zero-order chi connectivity index (χ0) is 15.3. The van der Waals surface area contributed by atoms with Gasteiger partial charge in [-0.15, -0.1) is 0 Å². The molecular formula is C20H25N. The molecule has 21 heavy (non-hydrogen) atoms. The van der Waals surface area contributed by atoms with Crippen LogP contribution in [0.3, 0.4) is 0 Å². The Balaban J connectivity index is 1.97. The van der Waals surface area contributed by atoms with Crippen LogP contribution in [0.1, 0.15) is 32.8 Å². The second-order valence-corrected chi connectivity index (χ2v) is 6.66. The van der Waals surface area contributed by atoms with E-state index in [1.807, 2.05) is 6.07 Å². The summed E-state index contributed by atoms with van der Waals surface area (Å²) in [5.74, 6) is 0. The molecule has 0 saturated heterocycles. The number of hydrogen-bond donors (Lipinski definition) is 1. The normalized spacial score (nSPS) is 11.2. The summed E-state index contributed by atoms with van der Waals surface area (Å²) in [6.45, 7) is 11.9. The highest BCUT2D eigenvalue weighted by Gasteiger charge is 2.09. The molecule has 0 aliphatic carbocycles. The summed E-state index contributed by atoms with van der Waals surface area (Å²) < 4.78 is 0. The van der Waals surface area contributed by atoms with Gasteiger partial charge >= 0.3 is 0 Å². The Morgan fingerprint density at radius 1 is 0.905 bits per heavy atom. The first-order valence-electron chi connectivity index (χ1n) is 7.54. The van der Waals surface area contributed by atoms with Crippen molar-refractivity contribution in [3.05, 3.63) is 66.7 Å². The van der Waals surface area contributed by atoms with Crippen molar-refractivity contribution in [2.75, 3.05) is 6.54 Å². The topological polar surface area (TPSA) is 12.0 Å². The predicted molar refractivity (Wildman–Crippen MR) is 93.0 cm³/mol. The van der Waals surface area contributed by atoms with Gasteiger partial charge < -0.3 is 5.32 Å². The molecule has 110 valence electrons. The minimum Gasteiger partial charge on any atom is -0.385 e. The largest absolute Gasteiger partial charge is 0.385 e. The van der Waals surface area contributed by atoms with Gasteiger partial charge in [0.05, 0.1) is 0 Å². The molecular weight excluding hydrogens is 254 g/mol. The molecule has 0 atom stereocenters. The lowest BCUT2D eigenvalue weighted by molar-refractivity contribution is 0.377. The van der Waals surface area contributed by atoms with Gasteiger partial charge in [-0.3, -0.25) is 0 Å². The first-order chi connectivity index (χ1) is 9.96. The van der Waals surface area contributed by atoms with Crippen LogP contribution < -0.4 is 5.32 Å². The van der Waals surface area contributed by atoms with Gasteiger partial charge in [0.2, 0.25) is 0 Å². The average molecular weight is 279 g/mol. The fourth-order valence-electron chi connectivity index (χ4n) is 2.18. The maximum absolute atomic E-state index is 4.14. The highest BCUT2D eigenvalue weighted by Crippen LogP contribution is 2.22. The third-order valence-electron chi connectivity index (χ3n) is 3.55. The molecule has 0 fully saturated rings. The molecule has 2 rings (SSSR count). The summed E-state index contributed by atoms with van der Waals surface area (Å²) in [7, 11) is 0. The fraction of sp³-hybridized carbons (Fsp3) is 0.300. The van der Waals surface area contributed by atoms with E-state index in [2.05, 4.69) is 81.2 Å². The van der Waals surface area contributed by atoms with Crippen LogP contribution in [-0.2, 0) is 0 Å². The van der Waals surface area contributed by atoms with Crippen LogP contribution in [0.2, 0.25) is 0 Å². The van der Waals surface area contributed by atoms with Gasteiger partial charge in [0.1, 0.15) is 0 Å². The van der Waals surface area contributed by atoms with E-state index < -0.39 is 0 Å². The molecule has 0 saturated carbocycles. The molecule has 0 radical (unpaired) electrons. The number of rotatable bonds is 5. The van der Waals surface area contributed by atoms with E-state index >= 15 is 0 Å². The molecule has 0 amide bonds. The second-order valence-electron chi connectivity index (χ2n) is 6.66. The van der Waals surface area contributed by atoms with Crippen LogP contribution in [0.5, 0.6) is 0 Å². The van der Waals surface area contributed by atoms with Gasteiger partial charge in [0, 0.05) is 12.2 Å². The number of hydrogen-bond acceptors (Lipinski definition) is 1. The molecule has 0 aromatic heterocycles. The molecule has 2 aromatic carbocycles. The Hall–Kier alpha value is -2.02. The van der Waals surface area contributed by atoms with E-state index in [0.29, 0.717) is 5.41 Å². The molecule has 2 aromatic rings. The van der Waals surface area contributed by atoms with Crippen LogP contribution in [-0.4, -0.2) is 6.54 Å². The van der Waals surface area contributed by atoms with Crippen molar-refractivity contribution in [2.45, 2.75) is 27.2 Å². The lowest BCUT2D eigenvalue weighted by Gasteiger charge is -2.19. The monoisotopic (exact) mass is 279 g/mol. The van der Waals surface area contributed by atoms with Gasteiger partial charge in [-0.05, 0) is 28.5 Å². The van der Waals surface area contributed by atoms with Crippen LogP contribution in [0.15, 0.2) is 61.2 Å². The third-order valence-corrected chi connectivity index (χ3v) is 3.55. The van der Waals surface area contributed by atoms with E-state index in [9.17, 15) is 0 Å². The zero-order valence-corrected chi connectivity index (χ0v) is 13.3. The van der Waals surface area contributed by atoms with Crippen molar-refractivity contribution in [3.63, 3.8) is 0 Å². The fourth-order valence-corrected chi connectivity index (χ4v) is 2.18. The lowest BCUT2D eigenvalue weighted by atomic mass is 9.92. The van der Waals surface area contributed by atoms with Crippen molar-refractivity contribution < 1.29 is 0 Å². The van der Waals surface area contributed by atoms with E-state index in [1.54, 1.807) is 0 Å². The first-order valence-corrected chi connectivity index (χ1v) is 7.54. The molecule has 0 aliphatic rings. The zero-order valence-electron chi connectivity index (χ0n) is 13.3. The molecule has 0 unspecified atom stereocenters. The van der Waals surface area contributed by atoms with Gasteiger partial charge in [-0.25, -0.2) is 0 Å². The minimum atomic E-state index is 0.352. The minimum absolute atomic E-state index is 0.352. The van der Waals surface area contributed by atoms with E-state index in [1.165, 1.54) is 11.1 Å². The molecule has 1 nitrogen and oxygen atoms in total. The molecule has 0 aliphatic heterocycles. The van der Waals surface area contributed by atoms with Crippen LogP contribution in [0.4, 0.5) is 0 Å². The molecule has 0 bridgehead atoms. The smallest absolute Gasteiger partial charge is 0.0340 e. The Kier molecular flexibility index (Phi) is 4.85. The summed E-state index contributed by atoms with van der Waals surface area (Å²) in [4.78, 5) is 0. The molecule has 0 heterocycles. The van der Waals surface area contributed by atoms with E-state index in [4.69, 9.17) is 0 Å². The molecule has 1 heteroatoms. The Morgan fingerprint density at radius 2 is 1.48 bits per heavy atom. The highest BCUT2D eigenvalue weighted by molar-refractivity contribution is 5.68. The second kappa shape index (κ2) is 6.62. The quantitative estimate of drug-likeness (QED) is 0.778. The summed E-state index contributed by atoms with van der Waals surface area (Å²) in [6.07, 6.45) is 1.13. The Labute approximate surface area is 128 Å². The van der Waals surface area contributed by atoms with Crippen molar-refractivity contribution in [3.8, 4) is 11.1 Å². The Morgan fingerprint density at radius 3 is 2.05 bits per heavy atom. The number of nitrogens with one attached hydrogen (secondary N) is 1. The highest BCUT2D eigenvalue weighted by atomic mass is 14.9. The van der Waals surface area contributed by atoms with Gasteiger partial charge in [0.25, 0.3) is 0 Å². The third kappa shape index (κ3) is 4.78. The Bertz CT molecular complexity index is 573. The van der Waals surface area contributed by atoms with Gasteiger partial charge in [-0.1, -0.05) is 81.9 Å². The van der Waals surface area contributed by atoms with Crippen molar-refractivity contribution in [2.24, 2.45) is 5.41 Å². The maximum atomic E-state index is 4.14. The molecule has 0 spiro atoms. The predicted octanol–water partition coefficient (Wildman–Crippen LogP) is 5.35. The van der Waals surface area contributed by atoms with Gasteiger partial charge in [-0.2, -0.15) is 0 Å². The standard InChI is InChI=1S/C20H25N/c1-16(21-15-14-20(2,3)4)17-10-12-19(13-11-17)18-8-6-5-7-9-18/h5-13,21H,1,14-15H2,2-4H3. The SMILES string of the molecule is C=C(NCCC(C)(C)C)c1ccc(-c2ccccc2)cc1. The average Bonchev–Trinajstić information content (AvgIpc) is 2.47. The first kappa shape index (κ1) is 15.4. The number of benzene rings is 2. The van der Waals surface area contributed by atoms with Crippen molar-refractivity contribution >= 4 is 5.70 Å². The van der Waals surface area contributed by atoms with E-state index in [-0.39, 0.29) is 0 Å². The van der Waals surface area contributed by atoms with Crippen molar-refractivity contribution in [1.82, 2.24) is 5.32 Å². The lowest BCUT2D eigenvalue weighted by Crippen LogP contribution is -2.18. The summed E-state index contributed by atoms with van der Waals surface area (Å²) in [5, 5.41) is 3.42. The maximum Gasteiger partial charge on any atom is 0.0340 e. The van der Waals surface area contributed by atoms with Crippen molar-refractivity contribution in [1.29, 1.82) is 0 Å². The summed E-state index contributed by atoms with van der Waals surface area (Å²) in [5.41, 5.74) is 4.99. The molecule has 1 N–H and O–H groups in total. The van der Waals surface area contributed by atoms with Gasteiger partial charge in [0.15, 0.2) is 0 Å². The van der Waals surface area contributed by atoms with Crippen LogP contribution in [0, 0.1) is 5.41 Å². The summed E-state index contributed by atoms with van der Waals surface area (Å²) >= 11 is 0. The summed E-state index contributed by atoms with van der Waals surface area (Å²) in [6, 6.07) is 19.0. The van der Waals surface area contributed by atoms with Crippen LogP contribution >= 0.6 is 0 Å². The van der Waals surface area contributed by atoms with Crippen LogP contribution in [0.25, 0.3) is 16.8 Å². The van der Waals surface area contributed by atoms with E-state index in [0.717, 1.165) is 24.2 Å².